The molecule has 0 radical (unpaired) electrons. The van der Waals surface area contributed by atoms with Gasteiger partial charge in [-0.15, -0.1) is 0 Å². The first-order valence-corrected chi connectivity index (χ1v) is 20.3. The summed E-state index contributed by atoms with van der Waals surface area (Å²) < 4.78 is 11.2. The maximum atomic E-state index is 12.0. The summed E-state index contributed by atoms with van der Waals surface area (Å²) in [5.74, 6) is 70.9. The lowest BCUT2D eigenvalue weighted by Gasteiger charge is -2.50. The Labute approximate surface area is 358 Å². The van der Waals surface area contributed by atoms with Gasteiger partial charge in [0.05, 0.1) is 37.3 Å². The van der Waals surface area contributed by atoms with E-state index in [2.05, 4.69) is 182 Å². The van der Waals surface area contributed by atoms with Crippen LogP contribution in [0.5, 0.6) is 0 Å². The molecular formula is C53H45N3O4. The fraction of sp³-hybridized carbons (Fsp3) is 0.453. The average molecular weight is 788 g/mol. The van der Waals surface area contributed by atoms with Gasteiger partial charge >= 0.3 is 5.97 Å². The molecule has 4 rings (SSSR count). The molecule has 60 heavy (non-hydrogen) atoms. The van der Waals surface area contributed by atoms with Gasteiger partial charge in [0.15, 0.2) is 0 Å². The largest absolute Gasteiger partial charge is 0.454 e. The summed E-state index contributed by atoms with van der Waals surface area (Å²) >= 11 is 0. The van der Waals surface area contributed by atoms with Gasteiger partial charge < -0.3 is 14.6 Å². The van der Waals surface area contributed by atoms with E-state index in [1.807, 2.05) is 0 Å². The van der Waals surface area contributed by atoms with Crippen molar-refractivity contribution in [3.63, 3.8) is 0 Å². The van der Waals surface area contributed by atoms with Crippen LogP contribution in [0.4, 0.5) is 0 Å². The summed E-state index contributed by atoms with van der Waals surface area (Å²) in [5.41, 5.74) is 0. The molecule has 4 N–H and O–H groups in total. The lowest BCUT2D eigenvalue weighted by atomic mass is 9.79. The van der Waals surface area contributed by atoms with E-state index in [-0.39, 0.29) is 43.7 Å². The standard InChI is InChI=1S/C53H45N3O4/c1-2-3-4-5-6-7-8-9-10-11-12-13-14-15-16-17-18-19-20-21-22-23-24-25-26-27-34-39-50(58)60-43-42-59-47-40-41-48(49(57)44-47)53-55-51(45-35-30-28-31-36-45)54-52(56-53)46-37-32-29-33-38-46/h45-49,51-57H,28-33,35-38,40-44H2,1H3. The highest BCUT2D eigenvalue weighted by molar-refractivity contribution is 5.89. The minimum absolute atomic E-state index is 0.0653. The van der Waals surface area contributed by atoms with E-state index in [0.717, 1.165) is 12.8 Å². The minimum atomic E-state index is -0.704. The highest BCUT2D eigenvalue weighted by Gasteiger charge is 2.42. The molecule has 1 aliphatic heterocycles. The Morgan fingerprint density at radius 2 is 0.867 bits per heavy atom. The molecule has 0 spiro atoms. The molecule has 5 unspecified atom stereocenters. The monoisotopic (exact) mass is 787 g/mol. The molecule has 0 aromatic carbocycles. The van der Waals surface area contributed by atoms with Crippen LogP contribution in [-0.4, -0.2) is 55.0 Å². The Balaban J connectivity index is 1.09. The van der Waals surface area contributed by atoms with E-state index >= 15 is 0 Å². The zero-order valence-corrected chi connectivity index (χ0v) is 33.9. The minimum Gasteiger partial charge on any atom is -0.454 e. The molecule has 296 valence electrons. The van der Waals surface area contributed by atoms with Crippen molar-refractivity contribution in [1.29, 1.82) is 0 Å². The molecule has 4 fully saturated rings. The number of carbonyl (C=O) groups is 1. The van der Waals surface area contributed by atoms with Crippen LogP contribution >= 0.6 is 0 Å². The van der Waals surface area contributed by atoms with Crippen LogP contribution in [-0.2, 0) is 14.3 Å². The zero-order chi connectivity index (χ0) is 42.1. The van der Waals surface area contributed by atoms with Gasteiger partial charge in [-0.2, -0.15) is 0 Å². The maximum Gasteiger partial charge on any atom is 0.385 e. The van der Waals surface area contributed by atoms with Crippen molar-refractivity contribution in [3.05, 3.63) is 0 Å². The van der Waals surface area contributed by atoms with Gasteiger partial charge in [-0.05, 0) is 158 Å². The molecule has 7 nitrogen and oxygen atoms in total. The lowest BCUT2D eigenvalue weighted by Crippen LogP contribution is -2.73. The van der Waals surface area contributed by atoms with E-state index in [9.17, 15) is 9.90 Å². The number of aliphatic hydroxyl groups is 1. The lowest BCUT2D eigenvalue weighted by molar-refractivity contribution is -0.139. The molecule has 0 amide bonds. The molecule has 1 saturated heterocycles. The Morgan fingerprint density at radius 3 is 1.27 bits per heavy atom. The number of esters is 1. The third-order valence-corrected chi connectivity index (χ3v) is 10.1. The molecule has 0 aromatic heterocycles. The van der Waals surface area contributed by atoms with Crippen LogP contribution in [0.25, 0.3) is 0 Å². The van der Waals surface area contributed by atoms with Gasteiger partial charge in [-0.3, -0.25) is 16.0 Å². The number of ether oxygens (including phenoxy) is 2. The number of aliphatic hydroxyl groups excluding tert-OH is 1. The molecule has 0 aromatic rings. The highest BCUT2D eigenvalue weighted by atomic mass is 16.6. The van der Waals surface area contributed by atoms with Gasteiger partial charge in [-0.1, -0.05) is 44.4 Å². The first kappa shape index (κ1) is 45.8. The van der Waals surface area contributed by atoms with Gasteiger partial charge in [0.2, 0.25) is 0 Å². The van der Waals surface area contributed by atoms with Crippen molar-refractivity contribution < 1.29 is 19.4 Å². The van der Waals surface area contributed by atoms with Crippen molar-refractivity contribution in [2.75, 3.05) is 13.2 Å². The van der Waals surface area contributed by atoms with Crippen molar-refractivity contribution in [3.8, 4) is 166 Å². The third kappa shape index (κ3) is 19.0. The summed E-state index contributed by atoms with van der Waals surface area (Å²) in [7, 11) is 0. The van der Waals surface area contributed by atoms with Crippen LogP contribution in [0.2, 0.25) is 0 Å². The van der Waals surface area contributed by atoms with E-state index in [1.165, 1.54) is 64.2 Å². The Kier molecular flexibility index (Phi) is 22.4. The van der Waals surface area contributed by atoms with Gasteiger partial charge in [0, 0.05) is 71.0 Å². The number of rotatable bonds is 7. The Morgan fingerprint density at radius 1 is 0.483 bits per heavy atom. The second-order valence-electron chi connectivity index (χ2n) is 14.0. The van der Waals surface area contributed by atoms with Crippen LogP contribution in [0.15, 0.2) is 0 Å². The fourth-order valence-corrected chi connectivity index (χ4v) is 7.40. The maximum absolute atomic E-state index is 12.0. The summed E-state index contributed by atoms with van der Waals surface area (Å²) in [6.07, 6.45) is 15.3. The van der Waals surface area contributed by atoms with Crippen LogP contribution < -0.4 is 16.0 Å². The summed E-state index contributed by atoms with van der Waals surface area (Å²) in [4.78, 5) is 12.0. The summed E-state index contributed by atoms with van der Waals surface area (Å²) in [6.45, 7) is 1.99. The van der Waals surface area contributed by atoms with Crippen LogP contribution in [0.1, 0.15) is 90.4 Å². The topological polar surface area (TPSA) is 91.9 Å². The second kappa shape index (κ2) is 29.3. The number of hydrogen-bond donors (Lipinski definition) is 4. The number of nitrogens with one attached hydrogen (secondary N) is 3. The number of carbonyl (C=O) groups excluding carboxylic acids is 1. The first-order valence-electron chi connectivity index (χ1n) is 20.3. The highest BCUT2D eigenvalue weighted by Crippen LogP contribution is 2.34. The van der Waals surface area contributed by atoms with E-state index in [0.29, 0.717) is 18.3 Å². The van der Waals surface area contributed by atoms with Crippen molar-refractivity contribution in [2.45, 2.75) is 121 Å². The number of hydrogen-bond acceptors (Lipinski definition) is 7. The Hall–Kier alpha value is -6.89. The SMILES string of the molecule is CC#CC#CC#CC#CC#CC#CC#CC#CC#CC#CC#CC#CC#CC#CC(=O)OCCOC1CCC(C2NC(C3CCCCC3)NC(C3CCCCC3)N2)C(O)C1. The first-order chi connectivity index (χ1) is 29.6. The predicted octanol–water partition coefficient (Wildman–Crippen LogP) is 3.06. The Bertz CT molecular complexity index is 2420. The fourth-order valence-electron chi connectivity index (χ4n) is 7.40. The zero-order valence-electron chi connectivity index (χ0n) is 33.9. The van der Waals surface area contributed by atoms with Crippen LogP contribution in [0, 0.1) is 184 Å². The second-order valence-corrected chi connectivity index (χ2v) is 14.0. The third-order valence-electron chi connectivity index (χ3n) is 10.1. The average Bonchev–Trinajstić information content (AvgIpc) is 3.28. The molecule has 3 aliphatic carbocycles. The smallest absolute Gasteiger partial charge is 0.385 e. The molecule has 0 bridgehead atoms. The molecule has 3 saturated carbocycles. The molecule has 7 heteroatoms. The molecule has 4 aliphatic rings. The summed E-state index contributed by atoms with van der Waals surface area (Å²) in [6, 6.07) is 0. The van der Waals surface area contributed by atoms with Gasteiger partial charge in [0.1, 0.15) is 6.61 Å². The van der Waals surface area contributed by atoms with E-state index < -0.39 is 12.1 Å². The van der Waals surface area contributed by atoms with Crippen molar-refractivity contribution in [2.24, 2.45) is 17.8 Å². The van der Waals surface area contributed by atoms with E-state index in [1.54, 1.807) is 6.92 Å². The summed E-state index contributed by atoms with van der Waals surface area (Å²) in [5, 5.41) is 23.0. The van der Waals surface area contributed by atoms with Crippen molar-refractivity contribution in [1.82, 2.24) is 16.0 Å². The van der Waals surface area contributed by atoms with Crippen molar-refractivity contribution >= 4 is 5.97 Å². The molecular weight excluding hydrogens is 743 g/mol. The molecule has 5 atom stereocenters. The quantitative estimate of drug-likeness (QED) is 0.137. The van der Waals surface area contributed by atoms with Gasteiger partial charge in [0.25, 0.3) is 0 Å². The van der Waals surface area contributed by atoms with Gasteiger partial charge in [-0.25, -0.2) is 4.79 Å². The van der Waals surface area contributed by atoms with E-state index in [4.69, 9.17) is 9.47 Å². The van der Waals surface area contributed by atoms with Crippen LogP contribution in [0.3, 0.4) is 0 Å². The predicted molar refractivity (Wildman–Crippen MR) is 233 cm³/mol. The normalized spacial score (nSPS) is 22.0. The molecule has 1 heterocycles.